The maximum absolute atomic E-state index is 10.3. The largest absolute Gasteiger partial charge is 0.268 e. The van der Waals surface area contributed by atoms with E-state index in [1.807, 2.05) is 0 Å². The molecule has 0 saturated heterocycles. The van der Waals surface area contributed by atoms with Crippen molar-refractivity contribution in [2.75, 3.05) is 0 Å². The predicted molar refractivity (Wildman–Crippen MR) is 46.4 cm³/mol. The molecule has 0 bridgehead atoms. The van der Waals surface area contributed by atoms with Gasteiger partial charge in [-0.05, 0) is 0 Å². The van der Waals surface area contributed by atoms with Gasteiger partial charge in [-0.2, -0.15) is 15.4 Å². The number of hydrogen-bond acceptors (Lipinski definition) is 5. The Balaban J connectivity index is 0.000000145. The van der Waals surface area contributed by atoms with Gasteiger partial charge in [-0.3, -0.25) is 9.59 Å². The van der Waals surface area contributed by atoms with Crippen LogP contribution in [-0.4, -0.2) is 31.5 Å². The average Bonchev–Trinajstić information content (AvgIpc) is 2.75. The van der Waals surface area contributed by atoms with Crippen LogP contribution in [0.1, 0.15) is 0 Å². The van der Waals surface area contributed by atoms with Crippen LogP contribution in [0.5, 0.6) is 0 Å². The Labute approximate surface area is 79.2 Å². The first kappa shape index (κ1) is 9.46. The van der Waals surface area contributed by atoms with Gasteiger partial charge < -0.3 is 0 Å². The highest BCUT2D eigenvalue weighted by atomic mass is 32.1. The minimum Gasteiger partial charge on any atom is -0.268 e. The first-order chi connectivity index (χ1) is 6.22. The van der Waals surface area contributed by atoms with Crippen molar-refractivity contribution in [3.05, 3.63) is 24.5 Å². The molecule has 0 radical (unpaired) electrons. The van der Waals surface area contributed by atoms with Crippen LogP contribution < -0.4 is 0 Å². The third-order valence-corrected chi connectivity index (χ3v) is 1.51. The molecule has 7 heteroatoms. The third-order valence-electron chi connectivity index (χ3n) is 1.12. The lowest BCUT2D eigenvalue weighted by atomic mass is 10.6. The van der Waals surface area contributed by atoms with Gasteiger partial charge in [-0.15, -0.1) is 0 Å². The fourth-order valence-corrected chi connectivity index (χ4v) is 0.692. The van der Waals surface area contributed by atoms with Crippen LogP contribution in [-0.2, 0) is 9.59 Å². The van der Waals surface area contributed by atoms with E-state index in [1.165, 1.54) is 12.2 Å². The summed E-state index contributed by atoms with van der Waals surface area (Å²) in [6.45, 7) is 0. The minimum absolute atomic E-state index is 0.377. The highest BCUT2D eigenvalue weighted by Crippen LogP contribution is 2.04. The second-order valence-electron chi connectivity index (χ2n) is 1.98. The van der Waals surface area contributed by atoms with Crippen molar-refractivity contribution in [2.45, 2.75) is 0 Å². The highest BCUT2D eigenvalue weighted by Gasteiger charge is 2.18. The summed E-state index contributed by atoms with van der Waals surface area (Å²) in [6.07, 6.45) is 5.52. The number of carbonyl (C=O) groups excluding carboxylic acids is 2. The highest BCUT2D eigenvalue weighted by molar-refractivity contribution is 7.79. The van der Waals surface area contributed by atoms with E-state index in [0.717, 1.165) is 4.31 Å². The molecule has 1 aromatic heterocycles. The zero-order valence-electron chi connectivity index (χ0n) is 6.41. The SMILES string of the molecule is O=C1C=CC(=O)N1S.c1cn[nH]n1. The Morgan fingerprint density at radius 1 is 1.15 bits per heavy atom. The fraction of sp³-hybridized carbons (Fsp3) is 0. The molecule has 0 spiro atoms. The molecule has 0 saturated carbocycles. The van der Waals surface area contributed by atoms with Crippen molar-refractivity contribution in [3.63, 3.8) is 0 Å². The smallest absolute Gasteiger partial charge is 0.263 e. The molecule has 6 nitrogen and oxygen atoms in total. The van der Waals surface area contributed by atoms with Crippen LogP contribution >= 0.6 is 12.8 Å². The van der Waals surface area contributed by atoms with Gasteiger partial charge in [0, 0.05) is 12.2 Å². The molecule has 0 fully saturated rings. The van der Waals surface area contributed by atoms with Crippen molar-refractivity contribution in [1.82, 2.24) is 19.7 Å². The zero-order chi connectivity index (χ0) is 9.68. The summed E-state index contributed by atoms with van der Waals surface area (Å²) < 4.78 is 0.750. The Morgan fingerprint density at radius 2 is 1.62 bits per heavy atom. The van der Waals surface area contributed by atoms with Gasteiger partial charge in [-0.1, -0.05) is 12.8 Å². The van der Waals surface area contributed by atoms with E-state index in [9.17, 15) is 9.59 Å². The maximum atomic E-state index is 10.3. The monoisotopic (exact) mass is 198 g/mol. The Bertz CT molecular complexity index is 286. The molecule has 1 aliphatic heterocycles. The van der Waals surface area contributed by atoms with Crippen molar-refractivity contribution < 1.29 is 9.59 Å². The Kier molecular flexibility index (Phi) is 3.21. The minimum atomic E-state index is -0.377. The van der Waals surface area contributed by atoms with Gasteiger partial charge in [0.25, 0.3) is 11.8 Å². The van der Waals surface area contributed by atoms with E-state index in [4.69, 9.17) is 0 Å². The number of nitrogens with one attached hydrogen (secondary N) is 1. The molecular weight excluding hydrogens is 192 g/mol. The van der Waals surface area contributed by atoms with E-state index in [-0.39, 0.29) is 11.8 Å². The molecule has 0 aromatic carbocycles. The van der Waals surface area contributed by atoms with Gasteiger partial charge in [0.1, 0.15) is 0 Å². The maximum Gasteiger partial charge on any atom is 0.263 e. The lowest BCUT2D eigenvalue weighted by molar-refractivity contribution is -0.130. The standard InChI is InChI=1S/C4H3NO2S.C2H3N3/c6-3-1-2-4(7)5(3)8;1-2-4-5-3-1/h1-2,8H;1-2H,(H,3,4,5). The summed E-state index contributed by atoms with van der Waals surface area (Å²) in [5.41, 5.74) is 0. The second-order valence-corrected chi connectivity index (χ2v) is 2.38. The molecule has 0 unspecified atom stereocenters. The number of nitrogens with zero attached hydrogens (tertiary/aromatic N) is 3. The van der Waals surface area contributed by atoms with Gasteiger partial charge in [0.05, 0.1) is 12.4 Å². The first-order valence-corrected chi connectivity index (χ1v) is 3.66. The number of rotatable bonds is 0. The van der Waals surface area contributed by atoms with Crippen molar-refractivity contribution in [1.29, 1.82) is 0 Å². The first-order valence-electron chi connectivity index (χ1n) is 3.26. The molecule has 0 aliphatic carbocycles. The molecule has 68 valence electrons. The quantitative estimate of drug-likeness (QED) is 0.437. The van der Waals surface area contributed by atoms with Gasteiger partial charge in [0.15, 0.2) is 0 Å². The van der Waals surface area contributed by atoms with Crippen LogP contribution in [0, 0.1) is 0 Å². The van der Waals surface area contributed by atoms with E-state index in [1.54, 1.807) is 12.4 Å². The summed E-state index contributed by atoms with van der Waals surface area (Å²) >= 11 is 3.55. The van der Waals surface area contributed by atoms with Crippen molar-refractivity contribution >= 4 is 24.6 Å². The van der Waals surface area contributed by atoms with Crippen molar-refractivity contribution in [2.24, 2.45) is 0 Å². The number of H-pyrrole nitrogens is 1. The summed E-state index contributed by atoms with van der Waals surface area (Å²) in [5.74, 6) is -0.753. The molecule has 1 N–H and O–H groups in total. The Morgan fingerprint density at radius 3 is 1.77 bits per heavy atom. The third kappa shape index (κ3) is 2.71. The van der Waals surface area contributed by atoms with Gasteiger partial charge in [0.2, 0.25) is 0 Å². The zero-order valence-corrected chi connectivity index (χ0v) is 7.31. The van der Waals surface area contributed by atoms with Crippen LogP contribution in [0.25, 0.3) is 0 Å². The van der Waals surface area contributed by atoms with Gasteiger partial charge in [-0.25, -0.2) is 4.31 Å². The predicted octanol–water partition coefficient (Wildman–Crippen LogP) is -0.439. The summed E-state index contributed by atoms with van der Waals surface area (Å²) in [4.78, 5) is 20.7. The van der Waals surface area contributed by atoms with Crippen LogP contribution in [0.2, 0.25) is 0 Å². The van der Waals surface area contributed by atoms with E-state index in [0.29, 0.717) is 0 Å². The fourth-order valence-electron chi connectivity index (χ4n) is 0.559. The molecular formula is C6H6N4O2S. The van der Waals surface area contributed by atoms with E-state index >= 15 is 0 Å². The molecule has 1 aromatic rings. The normalized spacial score (nSPS) is 14.4. The van der Waals surface area contributed by atoms with Crippen molar-refractivity contribution in [3.8, 4) is 0 Å². The summed E-state index contributed by atoms with van der Waals surface area (Å²) in [7, 11) is 0. The summed E-state index contributed by atoms with van der Waals surface area (Å²) in [5, 5.41) is 9.33. The van der Waals surface area contributed by atoms with E-state index < -0.39 is 0 Å². The summed E-state index contributed by atoms with van der Waals surface area (Å²) in [6, 6.07) is 0. The molecule has 2 amide bonds. The number of imide groups is 1. The topological polar surface area (TPSA) is 79.0 Å². The van der Waals surface area contributed by atoms with Crippen LogP contribution in [0.3, 0.4) is 0 Å². The number of hydrogen-bond donors (Lipinski definition) is 2. The van der Waals surface area contributed by atoms with Gasteiger partial charge >= 0.3 is 0 Å². The average molecular weight is 198 g/mol. The molecule has 13 heavy (non-hydrogen) atoms. The van der Waals surface area contributed by atoms with E-state index in [2.05, 4.69) is 28.2 Å². The lowest BCUT2D eigenvalue weighted by Gasteiger charge is -1.99. The molecule has 0 atom stereocenters. The number of carbonyl (C=O) groups is 2. The Hall–Kier alpha value is -1.63. The molecule has 1 aliphatic rings. The van der Waals surface area contributed by atoms with Crippen LogP contribution in [0.15, 0.2) is 24.5 Å². The molecule has 2 heterocycles. The second kappa shape index (κ2) is 4.41. The number of aromatic nitrogens is 3. The number of aromatic amines is 1. The number of thiol groups is 1. The molecule has 2 rings (SSSR count). The van der Waals surface area contributed by atoms with Crippen LogP contribution in [0.4, 0.5) is 0 Å². The number of amides is 2. The lowest BCUT2D eigenvalue weighted by Crippen LogP contribution is -2.18.